The zero-order chi connectivity index (χ0) is 12.7. The minimum absolute atomic E-state index is 0.0814. The smallest absolute Gasteiger partial charge is 0.283 e. The minimum atomic E-state index is -0.0814. The number of nitrogens with one attached hydrogen (secondary N) is 1. The van der Waals surface area contributed by atoms with Crippen molar-refractivity contribution in [3.8, 4) is 0 Å². The number of anilines is 1. The van der Waals surface area contributed by atoms with Gasteiger partial charge in [-0.3, -0.25) is 4.79 Å². The average molecular weight is 300 g/mol. The van der Waals surface area contributed by atoms with E-state index in [-0.39, 0.29) is 5.56 Å². The predicted molar refractivity (Wildman–Crippen MR) is 74.4 cm³/mol. The molecule has 5 heteroatoms. The van der Waals surface area contributed by atoms with Crippen molar-refractivity contribution < 1.29 is 0 Å². The van der Waals surface area contributed by atoms with Gasteiger partial charge in [0.2, 0.25) is 0 Å². The van der Waals surface area contributed by atoms with Gasteiger partial charge >= 0.3 is 0 Å². The van der Waals surface area contributed by atoms with Crippen molar-refractivity contribution in [2.45, 2.75) is 32.7 Å². The van der Waals surface area contributed by atoms with Gasteiger partial charge in [-0.05, 0) is 28.8 Å². The average Bonchev–Trinajstić information content (AvgIpc) is 2.34. The summed E-state index contributed by atoms with van der Waals surface area (Å²) in [4.78, 5) is 11.9. The summed E-state index contributed by atoms with van der Waals surface area (Å²) in [6, 6.07) is 0. The molecule has 0 amide bonds. The third-order valence-electron chi connectivity index (χ3n) is 2.37. The van der Waals surface area contributed by atoms with Crippen LogP contribution in [0, 0.1) is 0 Å². The first kappa shape index (κ1) is 14.0. The lowest BCUT2D eigenvalue weighted by Crippen LogP contribution is -2.24. The van der Waals surface area contributed by atoms with Crippen LogP contribution in [0.1, 0.15) is 26.2 Å². The maximum absolute atomic E-state index is 11.9. The zero-order valence-corrected chi connectivity index (χ0v) is 11.7. The molecule has 0 saturated heterocycles. The molecule has 0 spiro atoms. The van der Waals surface area contributed by atoms with Crippen molar-refractivity contribution >= 4 is 21.6 Å². The number of rotatable bonds is 7. The van der Waals surface area contributed by atoms with Crippen molar-refractivity contribution in [3.05, 3.63) is 33.7 Å². The van der Waals surface area contributed by atoms with E-state index in [0.717, 1.165) is 31.5 Å². The Morgan fingerprint density at radius 2 is 2.41 bits per heavy atom. The molecule has 0 aromatic carbocycles. The van der Waals surface area contributed by atoms with Crippen LogP contribution in [0.5, 0.6) is 0 Å². The molecule has 1 aromatic rings. The Hall–Kier alpha value is -1.10. The lowest BCUT2D eigenvalue weighted by Gasteiger charge is -2.09. The van der Waals surface area contributed by atoms with Crippen LogP contribution < -0.4 is 10.9 Å². The van der Waals surface area contributed by atoms with Gasteiger partial charge in [-0.15, -0.1) is 6.58 Å². The first-order chi connectivity index (χ1) is 8.20. The molecular weight excluding hydrogens is 282 g/mol. The summed E-state index contributed by atoms with van der Waals surface area (Å²) in [5, 5.41) is 7.29. The summed E-state index contributed by atoms with van der Waals surface area (Å²) in [5.74, 6) is 0. The van der Waals surface area contributed by atoms with Gasteiger partial charge in [-0.2, -0.15) is 5.10 Å². The number of hydrogen-bond acceptors (Lipinski definition) is 3. The van der Waals surface area contributed by atoms with Gasteiger partial charge in [-0.25, -0.2) is 4.68 Å². The molecule has 4 nitrogen and oxygen atoms in total. The first-order valence-corrected chi connectivity index (χ1v) is 6.60. The number of halogens is 1. The molecule has 1 N–H and O–H groups in total. The van der Waals surface area contributed by atoms with E-state index in [2.05, 4.69) is 39.8 Å². The van der Waals surface area contributed by atoms with Crippen LogP contribution in [0.25, 0.3) is 0 Å². The fourth-order valence-corrected chi connectivity index (χ4v) is 1.81. The van der Waals surface area contributed by atoms with Crippen molar-refractivity contribution in [3.63, 3.8) is 0 Å². The van der Waals surface area contributed by atoms with Gasteiger partial charge in [0.1, 0.15) is 4.47 Å². The van der Waals surface area contributed by atoms with Crippen molar-refractivity contribution in [2.24, 2.45) is 0 Å². The van der Waals surface area contributed by atoms with Gasteiger partial charge in [0.15, 0.2) is 0 Å². The van der Waals surface area contributed by atoms with E-state index in [1.807, 2.05) is 6.08 Å². The molecule has 1 heterocycles. The molecule has 1 rings (SSSR count). The summed E-state index contributed by atoms with van der Waals surface area (Å²) in [7, 11) is 0. The van der Waals surface area contributed by atoms with Crippen molar-refractivity contribution in [1.29, 1.82) is 0 Å². The molecule has 0 radical (unpaired) electrons. The Labute approximate surface area is 110 Å². The molecule has 0 unspecified atom stereocenters. The largest absolute Gasteiger partial charge is 0.382 e. The predicted octanol–water partition coefficient (Wildman–Crippen LogP) is 2.79. The monoisotopic (exact) mass is 299 g/mol. The quantitative estimate of drug-likeness (QED) is 0.622. The molecular formula is C12H18BrN3O. The fourth-order valence-electron chi connectivity index (χ4n) is 1.36. The molecule has 17 heavy (non-hydrogen) atoms. The van der Waals surface area contributed by atoms with Gasteiger partial charge in [0.05, 0.1) is 11.9 Å². The van der Waals surface area contributed by atoms with E-state index in [9.17, 15) is 4.79 Å². The van der Waals surface area contributed by atoms with E-state index in [4.69, 9.17) is 0 Å². The fraction of sp³-hybridized carbons (Fsp3) is 0.500. The number of aryl methyl sites for hydroxylation is 1. The van der Waals surface area contributed by atoms with E-state index < -0.39 is 0 Å². The molecule has 0 saturated carbocycles. The van der Waals surface area contributed by atoms with E-state index in [1.165, 1.54) is 4.68 Å². The number of hydrogen-bond donors (Lipinski definition) is 1. The highest BCUT2D eigenvalue weighted by Gasteiger charge is 2.07. The Morgan fingerprint density at radius 1 is 1.65 bits per heavy atom. The summed E-state index contributed by atoms with van der Waals surface area (Å²) < 4.78 is 2.04. The highest BCUT2D eigenvalue weighted by Crippen LogP contribution is 2.15. The second-order valence-corrected chi connectivity index (χ2v) is 4.55. The van der Waals surface area contributed by atoms with Gasteiger partial charge in [0, 0.05) is 13.1 Å². The van der Waals surface area contributed by atoms with Crippen LogP contribution in [0.3, 0.4) is 0 Å². The Bertz CT molecular complexity index is 428. The van der Waals surface area contributed by atoms with Crippen LogP contribution >= 0.6 is 15.9 Å². The second kappa shape index (κ2) is 7.27. The molecule has 0 aliphatic rings. The second-order valence-electron chi connectivity index (χ2n) is 3.76. The summed E-state index contributed by atoms with van der Waals surface area (Å²) in [5.41, 5.74) is 0.659. The topological polar surface area (TPSA) is 46.9 Å². The zero-order valence-electron chi connectivity index (χ0n) is 10.1. The van der Waals surface area contributed by atoms with Gasteiger partial charge in [0.25, 0.3) is 5.56 Å². The summed E-state index contributed by atoms with van der Waals surface area (Å²) in [6.07, 6.45) is 6.38. The Balaban J connectivity index is 2.79. The van der Waals surface area contributed by atoms with Gasteiger partial charge in [-0.1, -0.05) is 19.4 Å². The van der Waals surface area contributed by atoms with E-state index >= 15 is 0 Å². The summed E-state index contributed by atoms with van der Waals surface area (Å²) in [6.45, 7) is 7.15. The molecule has 0 atom stereocenters. The Morgan fingerprint density at radius 3 is 3.06 bits per heavy atom. The number of aromatic nitrogens is 2. The van der Waals surface area contributed by atoms with Crippen LogP contribution in [-0.4, -0.2) is 16.3 Å². The molecule has 0 bridgehead atoms. The van der Waals surface area contributed by atoms with Crippen LogP contribution in [0.2, 0.25) is 0 Å². The van der Waals surface area contributed by atoms with Crippen LogP contribution in [-0.2, 0) is 6.54 Å². The highest BCUT2D eigenvalue weighted by atomic mass is 79.9. The third kappa shape index (κ3) is 4.00. The third-order valence-corrected chi connectivity index (χ3v) is 3.14. The van der Waals surface area contributed by atoms with Crippen LogP contribution in [0.4, 0.5) is 5.69 Å². The molecule has 0 aliphatic heterocycles. The lowest BCUT2D eigenvalue weighted by molar-refractivity contribution is 0.541. The standard InChI is InChI=1S/C12H18BrN3O/c1-3-5-7-14-10-9-15-16(8-6-4-2)12(17)11(10)13/h3,9,14H,1,4-8H2,2H3. The molecule has 0 aliphatic carbocycles. The maximum Gasteiger partial charge on any atom is 0.283 e. The Kier molecular flexibility index (Phi) is 5.97. The van der Waals surface area contributed by atoms with E-state index in [1.54, 1.807) is 6.20 Å². The van der Waals surface area contributed by atoms with E-state index in [0.29, 0.717) is 11.0 Å². The molecule has 0 fully saturated rings. The maximum atomic E-state index is 11.9. The normalized spacial score (nSPS) is 10.2. The highest BCUT2D eigenvalue weighted by molar-refractivity contribution is 9.10. The molecule has 1 aromatic heterocycles. The SMILES string of the molecule is C=CCCNc1cnn(CCCC)c(=O)c1Br. The summed E-state index contributed by atoms with van der Waals surface area (Å²) >= 11 is 3.31. The molecule has 94 valence electrons. The first-order valence-electron chi connectivity index (χ1n) is 5.81. The van der Waals surface area contributed by atoms with Crippen LogP contribution in [0.15, 0.2) is 28.1 Å². The minimum Gasteiger partial charge on any atom is -0.382 e. The van der Waals surface area contributed by atoms with Gasteiger partial charge < -0.3 is 5.32 Å². The van der Waals surface area contributed by atoms with Crippen molar-refractivity contribution in [1.82, 2.24) is 9.78 Å². The lowest BCUT2D eigenvalue weighted by atomic mass is 10.3. The number of nitrogens with zero attached hydrogens (tertiary/aromatic N) is 2. The van der Waals surface area contributed by atoms with Crippen molar-refractivity contribution in [2.75, 3.05) is 11.9 Å². The number of unbranched alkanes of at least 4 members (excludes halogenated alkanes) is 1.